The molecule has 0 atom stereocenters. The Morgan fingerprint density at radius 2 is 2.08 bits per heavy atom. The highest BCUT2D eigenvalue weighted by Gasteiger charge is 2.25. The first-order chi connectivity index (χ1) is 12.0. The van der Waals surface area contributed by atoms with Gasteiger partial charge in [0.2, 0.25) is 0 Å². The van der Waals surface area contributed by atoms with Crippen molar-refractivity contribution in [3.05, 3.63) is 23.5 Å². The number of carbonyl (C=O) groups excluding carboxylic acids is 1. The lowest BCUT2D eigenvalue weighted by atomic mass is 9.93. The first kappa shape index (κ1) is 17.9. The molecule has 2 aromatic rings. The number of nitrogens with zero attached hydrogens (tertiary/aromatic N) is 4. The first-order valence-corrected chi connectivity index (χ1v) is 9.30. The molecule has 136 valence electrons. The third-order valence-electron chi connectivity index (χ3n) is 5.12. The van der Waals surface area contributed by atoms with E-state index in [2.05, 4.69) is 29.2 Å². The molecular weight excluding hydrogens is 314 g/mol. The average molecular weight is 343 g/mol. The van der Waals surface area contributed by atoms with Gasteiger partial charge in [-0.1, -0.05) is 0 Å². The molecule has 1 fully saturated rings. The maximum Gasteiger partial charge on any atom is 0.254 e. The Morgan fingerprint density at radius 3 is 2.72 bits per heavy atom. The summed E-state index contributed by atoms with van der Waals surface area (Å²) in [5.74, 6) is 0.838. The van der Waals surface area contributed by atoms with Crippen molar-refractivity contribution in [2.75, 3.05) is 26.7 Å². The molecule has 0 saturated carbocycles. The van der Waals surface area contributed by atoms with Crippen LogP contribution >= 0.6 is 0 Å². The molecule has 0 bridgehead atoms. The highest BCUT2D eigenvalue weighted by molar-refractivity contribution is 6.05. The third kappa shape index (κ3) is 3.68. The van der Waals surface area contributed by atoms with Crippen molar-refractivity contribution in [3.8, 4) is 0 Å². The molecular formula is C19H29N5O. The number of likely N-dealkylation sites (tertiary alicyclic amines) is 1. The number of aryl methyl sites for hydroxylation is 1. The first-order valence-electron chi connectivity index (χ1n) is 9.30. The number of fused-ring (bicyclic) bond motifs is 1. The van der Waals surface area contributed by atoms with Gasteiger partial charge in [0.25, 0.3) is 5.91 Å². The van der Waals surface area contributed by atoms with Gasteiger partial charge in [-0.25, -0.2) is 9.67 Å². The van der Waals surface area contributed by atoms with Gasteiger partial charge in [-0.2, -0.15) is 5.10 Å². The lowest BCUT2D eigenvalue weighted by Gasteiger charge is -2.32. The van der Waals surface area contributed by atoms with Crippen LogP contribution in [0.3, 0.4) is 0 Å². The standard InChI is InChI=1S/C19H29N5O/c1-13(2)24-18-17(12-21-24)16(11-14(3)22-18)19(25)23-9-6-15(7-10-23)5-8-20-4/h11-13,15,20H,5-10H2,1-4H3. The molecule has 2 aromatic heterocycles. The zero-order valence-corrected chi connectivity index (χ0v) is 15.7. The smallest absolute Gasteiger partial charge is 0.254 e. The number of piperidine rings is 1. The van der Waals surface area contributed by atoms with E-state index in [1.165, 1.54) is 6.42 Å². The van der Waals surface area contributed by atoms with E-state index in [1.807, 2.05) is 29.6 Å². The molecule has 0 unspecified atom stereocenters. The van der Waals surface area contributed by atoms with Crippen LogP contribution in [-0.4, -0.2) is 52.3 Å². The molecule has 1 amide bonds. The largest absolute Gasteiger partial charge is 0.339 e. The number of nitrogens with one attached hydrogen (secondary N) is 1. The van der Waals surface area contributed by atoms with E-state index in [9.17, 15) is 4.79 Å². The van der Waals surface area contributed by atoms with E-state index in [0.29, 0.717) is 0 Å². The average Bonchev–Trinajstić information content (AvgIpc) is 3.03. The van der Waals surface area contributed by atoms with Crippen LogP contribution in [0, 0.1) is 12.8 Å². The number of hydrogen-bond acceptors (Lipinski definition) is 4. The maximum absolute atomic E-state index is 13.1. The Bertz CT molecular complexity index is 744. The summed E-state index contributed by atoms with van der Waals surface area (Å²) in [4.78, 5) is 19.7. The predicted molar refractivity (Wildman–Crippen MR) is 99.8 cm³/mol. The van der Waals surface area contributed by atoms with Gasteiger partial charge in [-0.05, 0) is 65.6 Å². The second-order valence-electron chi connectivity index (χ2n) is 7.36. The summed E-state index contributed by atoms with van der Waals surface area (Å²) in [7, 11) is 1.99. The van der Waals surface area contributed by atoms with E-state index >= 15 is 0 Å². The normalized spacial score (nSPS) is 16.1. The predicted octanol–water partition coefficient (Wildman–Crippen LogP) is 2.78. The Morgan fingerprint density at radius 1 is 1.36 bits per heavy atom. The highest BCUT2D eigenvalue weighted by atomic mass is 16.2. The number of hydrogen-bond donors (Lipinski definition) is 1. The van der Waals surface area contributed by atoms with Crippen molar-refractivity contribution in [1.82, 2.24) is 25.0 Å². The van der Waals surface area contributed by atoms with Gasteiger partial charge < -0.3 is 10.2 Å². The van der Waals surface area contributed by atoms with Crippen molar-refractivity contribution in [2.45, 2.75) is 46.1 Å². The van der Waals surface area contributed by atoms with Crippen LogP contribution in [-0.2, 0) is 0 Å². The molecule has 0 aromatic carbocycles. The van der Waals surface area contributed by atoms with Crippen molar-refractivity contribution in [2.24, 2.45) is 5.92 Å². The van der Waals surface area contributed by atoms with Gasteiger partial charge in [-0.3, -0.25) is 4.79 Å². The monoisotopic (exact) mass is 343 g/mol. The summed E-state index contributed by atoms with van der Waals surface area (Å²) in [5, 5.41) is 8.52. The van der Waals surface area contributed by atoms with Crippen LogP contribution in [0.2, 0.25) is 0 Å². The van der Waals surface area contributed by atoms with E-state index in [1.54, 1.807) is 6.20 Å². The van der Waals surface area contributed by atoms with Gasteiger partial charge in [0.05, 0.1) is 17.1 Å². The number of pyridine rings is 1. The Labute approximate surface area is 149 Å². The van der Waals surface area contributed by atoms with Crippen molar-refractivity contribution >= 4 is 16.9 Å². The van der Waals surface area contributed by atoms with Gasteiger partial charge in [-0.15, -0.1) is 0 Å². The topological polar surface area (TPSA) is 63.1 Å². The number of rotatable bonds is 5. The summed E-state index contributed by atoms with van der Waals surface area (Å²) in [6.45, 7) is 8.83. The summed E-state index contributed by atoms with van der Waals surface area (Å²) < 4.78 is 1.89. The fraction of sp³-hybridized carbons (Fsp3) is 0.632. The van der Waals surface area contributed by atoms with Crippen molar-refractivity contribution in [1.29, 1.82) is 0 Å². The van der Waals surface area contributed by atoms with Crippen molar-refractivity contribution < 1.29 is 4.79 Å². The molecule has 0 radical (unpaired) electrons. The molecule has 25 heavy (non-hydrogen) atoms. The van der Waals surface area contributed by atoms with Crippen LogP contribution in [0.15, 0.2) is 12.3 Å². The van der Waals surface area contributed by atoms with Crippen LogP contribution in [0.25, 0.3) is 11.0 Å². The van der Waals surface area contributed by atoms with E-state index < -0.39 is 0 Å². The van der Waals surface area contributed by atoms with Gasteiger partial charge in [0.15, 0.2) is 5.65 Å². The SMILES string of the molecule is CNCCC1CCN(C(=O)c2cc(C)nc3c2cnn3C(C)C)CC1. The molecule has 0 aliphatic carbocycles. The minimum absolute atomic E-state index is 0.117. The van der Waals surface area contributed by atoms with Crippen LogP contribution in [0.1, 0.15) is 55.2 Å². The molecule has 1 aliphatic rings. The summed E-state index contributed by atoms with van der Waals surface area (Å²) >= 11 is 0. The molecule has 1 saturated heterocycles. The molecule has 6 nitrogen and oxygen atoms in total. The van der Waals surface area contributed by atoms with Crippen LogP contribution in [0.4, 0.5) is 0 Å². The highest BCUT2D eigenvalue weighted by Crippen LogP contribution is 2.25. The van der Waals surface area contributed by atoms with Crippen molar-refractivity contribution in [3.63, 3.8) is 0 Å². The lowest BCUT2D eigenvalue weighted by Crippen LogP contribution is -2.39. The summed E-state index contributed by atoms with van der Waals surface area (Å²) in [6, 6.07) is 2.13. The van der Waals surface area contributed by atoms with Crippen LogP contribution < -0.4 is 5.32 Å². The van der Waals surface area contributed by atoms with Gasteiger partial charge >= 0.3 is 0 Å². The zero-order valence-electron chi connectivity index (χ0n) is 15.7. The van der Waals surface area contributed by atoms with E-state index in [0.717, 1.165) is 60.7 Å². The fourth-order valence-electron chi connectivity index (χ4n) is 3.64. The molecule has 6 heteroatoms. The van der Waals surface area contributed by atoms with E-state index in [-0.39, 0.29) is 11.9 Å². The zero-order chi connectivity index (χ0) is 18.0. The molecule has 3 rings (SSSR count). The minimum atomic E-state index is 0.117. The number of carbonyl (C=O) groups is 1. The maximum atomic E-state index is 13.1. The Balaban J connectivity index is 1.81. The second-order valence-corrected chi connectivity index (χ2v) is 7.36. The number of amides is 1. The Kier molecular flexibility index (Phi) is 5.37. The lowest BCUT2D eigenvalue weighted by molar-refractivity contribution is 0.0689. The fourth-order valence-corrected chi connectivity index (χ4v) is 3.64. The Hall–Kier alpha value is -1.95. The quantitative estimate of drug-likeness (QED) is 0.907. The molecule has 1 N–H and O–H groups in total. The molecule has 1 aliphatic heterocycles. The van der Waals surface area contributed by atoms with Crippen LogP contribution in [0.5, 0.6) is 0 Å². The molecule has 0 spiro atoms. The van der Waals surface area contributed by atoms with Gasteiger partial charge in [0, 0.05) is 24.8 Å². The summed E-state index contributed by atoms with van der Waals surface area (Å²) in [5.41, 5.74) is 2.41. The molecule has 3 heterocycles. The van der Waals surface area contributed by atoms with E-state index in [4.69, 9.17) is 0 Å². The number of aromatic nitrogens is 3. The third-order valence-corrected chi connectivity index (χ3v) is 5.12. The summed E-state index contributed by atoms with van der Waals surface area (Å²) in [6.07, 6.45) is 5.16. The minimum Gasteiger partial charge on any atom is -0.339 e. The second kappa shape index (κ2) is 7.52. The van der Waals surface area contributed by atoms with Gasteiger partial charge in [0.1, 0.15) is 0 Å².